The topological polar surface area (TPSA) is 44.1 Å². The van der Waals surface area contributed by atoms with Gasteiger partial charge in [0.2, 0.25) is 0 Å². The van der Waals surface area contributed by atoms with E-state index in [0.717, 1.165) is 31.5 Å². The standard InChI is InChI=1S/C13H18N2O2/c1-15-7-6-14-13(15)5-3-11(16)10-8-9-2-4-12(10)17-9/h6-7,9-10,12H,2-5,8H2,1H3. The molecule has 3 unspecified atom stereocenters. The highest BCUT2D eigenvalue weighted by atomic mass is 16.5. The summed E-state index contributed by atoms with van der Waals surface area (Å²) in [5.41, 5.74) is 0. The van der Waals surface area contributed by atoms with E-state index >= 15 is 0 Å². The fourth-order valence-electron chi connectivity index (χ4n) is 3.03. The van der Waals surface area contributed by atoms with Crippen molar-refractivity contribution in [2.75, 3.05) is 0 Å². The average molecular weight is 234 g/mol. The van der Waals surface area contributed by atoms with Crippen molar-refractivity contribution < 1.29 is 9.53 Å². The predicted octanol–water partition coefficient (Wildman–Crippen LogP) is 1.49. The third-order valence-corrected chi connectivity index (χ3v) is 4.04. The predicted molar refractivity (Wildman–Crippen MR) is 62.5 cm³/mol. The van der Waals surface area contributed by atoms with Gasteiger partial charge >= 0.3 is 0 Å². The normalized spacial score (nSPS) is 31.0. The maximum absolute atomic E-state index is 12.1. The van der Waals surface area contributed by atoms with Crippen molar-refractivity contribution in [3.63, 3.8) is 0 Å². The van der Waals surface area contributed by atoms with Crippen LogP contribution in [0.3, 0.4) is 0 Å². The van der Waals surface area contributed by atoms with Crippen molar-refractivity contribution in [3.8, 4) is 0 Å². The van der Waals surface area contributed by atoms with E-state index in [2.05, 4.69) is 4.98 Å². The molecule has 4 heteroatoms. The second kappa shape index (κ2) is 4.26. The van der Waals surface area contributed by atoms with Gasteiger partial charge in [-0.1, -0.05) is 0 Å². The number of rotatable bonds is 4. The van der Waals surface area contributed by atoms with Crippen LogP contribution in [0.1, 0.15) is 31.5 Å². The molecule has 0 N–H and O–H groups in total. The van der Waals surface area contributed by atoms with E-state index in [-0.39, 0.29) is 12.0 Å². The van der Waals surface area contributed by atoms with Gasteiger partial charge in [-0.3, -0.25) is 4.79 Å². The highest BCUT2D eigenvalue weighted by Gasteiger charge is 2.43. The van der Waals surface area contributed by atoms with E-state index in [0.29, 0.717) is 18.3 Å². The second-order valence-electron chi connectivity index (χ2n) is 5.14. The number of hydrogen-bond acceptors (Lipinski definition) is 3. The minimum atomic E-state index is 0.161. The van der Waals surface area contributed by atoms with Crippen LogP contribution in [-0.2, 0) is 23.0 Å². The Bertz CT molecular complexity index is 427. The molecule has 0 aromatic carbocycles. The average Bonchev–Trinajstić information content (AvgIpc) is 3.01. The van der Waals surface area contributed by atoms with Gasteiger partial charge < -0.3 is 9.30 Å². The third-order valence-electron chi connectivity index (χ3n) is 4.04. The Morgan fingerprint density at radius 2 is 2.47 bits per heavy atom. The maximum atomic E-state index is 12.1. The summed E-state index contributed by atoms with van der Waals surface area (Å²) >= 11 is 0. The van der Waals surface area contributed by atoms with Gasteiger partial charge in [-0.15, -0.1) is 0 Å². The number of carbonyl (C=O) groups excluding carboxylic acids is 1. The Morgan fingerprint density at radius 1 is 1.59 bits per heavy atom. The third kappa shape index (κ3) is 2.02. The van der Waals surface area contributed by atoms with E-state index < -0.39 is 0 Å². The van der Waals surface area contributed by atoms with Crippen LogP contribution in [0.15, 0.2) is 12.4 Å². The molecular weight excluding hydrogens is 216 g/mol. The molecule has 1 aromatic heterocycles. The summed E-state index contributed by atoms with van der Waals surface area (Å²) < 4.78 is 7.70. The Balaban J connectivity index is 1.56. The Labute approximate surface area is 101 Å². The first-order valence-electron chi connectivity index (χ1n) is 6.38. The number of fused-ring (bicyclic) bond motifs is 2. The van der Waals surface area contributed by atoms with Crippen molar-refractivity contribution in [1.29, 1.82) is 0 Å². The van der Waals surface area contributed by atoms with E-state index in [1.54, 1.807) is 6.20 Å². The molecule has 0 saturated carbocycles. The SMILES string of the molecule is Cn1ccnc1CCC(=O)C1CC2CCC1O2. The number of ether oxygens (including phenoxy) is 1. The highest BCUT2D eigenvalue weighted by Crippen LogP contribution is 2.39. The lowest BCUT2D eigenvalue weighted by Gasteiger charge is -2.16. The van der Waals surface area contributed by atoms with Gasteiger partial charge in [0.1, 0.15) is 11.6 Å². The molecule has 2 fully saturated rings. The maximum Gasteiger partial charge on any atom is 0.139 e. The Morgan fingerprint density at radius 3 is 3.06 bits per heavy atom. The van der Waals surface area contributed by atoms with Gasteiger partial charge in [0.15, 0.2) is 0 Å². The number of aromatic nitrogens is 2. The molecule has 3 heterocycles. The summed E-state index contributed by atoms with van der Waals surface area (Å²) in [6, 6.07) is 0. The van der Waals surface area contributed by atoms with E-state index in [9.17, 15) is 4.79 Å². The largest absolute Gasteiger partial charge is 0.374 e. The molecular formula is C13H18N2O2. The van der Waals surface area contributed by atoms with Crippen LogP contribution in [0.5, 0.6) is 0 Å². The number of ketones is 1. The van der Waals surface area contributed by atoms with Crippen molar-refractivity contribution >= 4 is 5.78 Å². The van der Waals surface area contributed by atoms with Crippen LogP contribution in [0.2, 0.25) is 0 Å². The zero-order chi connectivity index (χ0) is 11.8. The summed E-state index contributed by atoms with van der Waals surface area (Å²) in [4.78, 5) is 16.4. The molecule has 3 rings (SSSR count). The number of aryl methyl sites for hydroxylation is 2. The monoisotopic (exact) mass is 234 g/mol. The zero-order valence-corrected chi connectivity index (χ0v) is 10.1. The first kappa shape index (κ1) is 11.0. The summed E-state index contributed by atoms with van der Waals surface area (Å²) in [5.74, 6) is 1.51. The van der Waals surface area contributed by atoms with Crippen molar-refractivity contribution in [1.82, 2.24) is 9.55 Å². The highest BCUT2D eigenvalue weighted by molar-refractivity contribution is 5.82. The molecule has 1 aromatic rings. The van der Waals surface area contributed by atoms with Gasteiger partial charge in [0.25, 0.3) is 0 Å². The first-order valence-corrected chi connectivity index (χ1v) is 6.38. The second-order valence-corrected chi connectivity index (χ2v) is 5.14. The molecule has 2 bridgehead atoms. The molecule has 0 amide bonds. The van der Waals surface area contributed by atoms with Gasteiger partial charge in [-0.05, 0) is 19.3 Å². The quantitative estimate of drug-likeness (QED) is 0.792. The van der Waals surface area contributed by atoms with Gasteiger partial charge in [-0.25, -0.2) is 4.98 Å². The zero-order valence-electron chi connectivity index (χ0n) is 10.1. The smallest absolute Gasteiger partial charge is 0.139 e. The van der Waals surface area contributed by atoms with Crippen LogP contribution < -0.4 is 0 Å². The van der Waals surface area contributed by atoms with Gasteiger partial charge in [0, 0.05) is 38.2 Å². The molecule has 2 aliphatic rings. The van der Waals surface area contributed by atoms with E-state index in [1.807, 2.05) is 17.8 Å². The molecule has 0 radical (unpaired) electrons. The Hall–Kier alpha value is -1.16. The van der Waals surface area contributed by atoms with Crippen molar-refractivity contribution in [3.05, 3.63) is 18.2 Å². The van der Waals surface area contributed by atoms with Crippen LogP contribution in [0, 0.1) is 5.92 Å². The number of hydrogen-bond donors (Lipinski definition) is 0. The molecule has 17 heavy (non-hydrogen) atoms. The minimum Gasteiger partial charge on any atom is -0.374 e. The van der Waals surface area contributed by atoms with Crippen molar-refractivity contribution in [2.24, 2.45) is 13.0 Å². The summed E-state index contributed by atoms with van der Waals surface area (Å²) in [7, 11) is 1.97. The molecule has 0 aliphatic carbocycles. The lowest BCUT2D eigenvalue weighted by molar-refractivity contribution is -0.124. The molecule has 4 nitrogen and oxygen atoms in total. The fraction of sp³-hybridized carbons (Fsp3) is 0.692. The minimum absolute atomic E-state index is 0.161. The molecule has 0 spiro atoms. The fourth-order valence-corrected chi connectivity index (χ4v) is 3.03. The number of Topliss-reactive ketones (excluding diaryl/α,β-unsaturated/α-hetero) is 1. The Kier molecular flexibility index (Phi) is 2.74. The van der Waals surface area contributed by atoms with E-state index in [1.165, 1.54) is 0 Å². The van der Waals surface area contributed by atoms with Crippen LogP contribution in [-0.4, -0.2) is 27.5 Å². The van der Waals surface area contributed by atoms with Crippen LogP contribution >= 0.6 is 0 Å². The molecule has 92 valence electrons. The molecule has 3 atom stereocenters. The number of imidazole rings is 1. The van der Waals surface area contributed by atoms with Crippen LogP contribution in [0.25, 0.3) is 0 Å². The summed E-state index contributed by atoms with van der Waals surface area (Å²) in [6.45, 7) is 0. The van der Waals surface area contributed by atoms with E-state index in [4.69, 9.17) is 4.74 Å². The van der Waals surface area contributed by atoms with Gasteiger partial charge in [0.05, 0.1) is 12.2 Å². The van der Waals surface area contributed by atoms with Crippen molar-refractivity contribution in [2.45, 2.75) is 44.3 Å². The first-order chi connectivity index (χ1) is 8.24. The number of carbonyl (C=O) groups is 1. The molecule has 2 saturated heterocycles. The summed E-state index contributed by atoms with van der Waals surface area (Å²) in [6.07, 6.45) is 8.79. The lowest BCUT2D eigenvalue weighted by Crippen LogP contribution is -2.25. The summed E-state index contributed by atoms with van der Waals surface area (Å²) in [5, 5.41) is 0. The lowest BCUT2D eigenvalue weighted by atomic mass is 9.85. The molecule has 2 aliphatic heterocycles. The number of nitrogens with zero attached hydrogens (tertiary/aromatic N) is 2. The van der Waals surface area contributed by atoms with Gasteiger partial charge in [-0.2, -0.15) is 0 Å². The van der Waals surface area contributed by atoms with Crippen LogP contribution in [0.4, 0.5) is 0 Å².